The van der Waals surface area contributed by atoms with Gasteiger partial charge in [-0.1, -0.05) is 30.3 Å². The molecule has 3 aromatic rings. The quantitative estimate of drug-likeness (QED) is 0.726. The monoisotopic (exact) mass is 360 g/mol. The molecule has 5 heteroatoms. The van der Waals surface area contributed by atoms with Crippen LogP contribution in [0.4, 0.5) is 17.3 Å². The number of aryl methyl sites for hydroxylation is 1. The van der Waals surface area contributed by atoms with Gasteiger partial charge in [0.1, 0.15) is 23.2 Å². The van der Waals surface area contributed by atoms with E-state index in [2.05, 4.69) is 58.5 Å². The first-order chi connectivity index (χ1) is 13.1. The largest absolute Gasteiger partial charge is 0.497 e. The number of hydrogen-bond donors (Lipinski definition) is 1. The van der Waals surface area contributed by atoms with E-state index in [0.717, 1.165) is 29.6 Å². The van der Waals surface area contributed by atoms with E-state index in [1.54, 1.807) is 7.11 Å². The Morgan fingerprint density at radius 3 is 2.67 bits per heavy atom. The zero-order chi connectivity index (χ0) is 18.8. The van der Waals surface area contributed by atoms with E-state index in [-0.39, 0.29) is 0 Å². The fourth-order valence-corrected chi connectivity index (χ4v) is 3.62. The van der Waals surface area contributed by atoms with Crippen LogP contribution in [0.25, 0.3) is 0 Å². The molecule has 0 saturated heterocycles. The minimum Gasteiger partial charge on any atom is -0.497 e. The third kappa shape index (κ3) is 3.58. The minimum absolute atomic E-state index is 0.381. The van der Waals surface area contributed by atoms with Crippen LogP contribution >= 0.6 is 0 Å². The Hall–Kier alpha value is -3.08. The highest BCUT2D eigenvalue weighted by atomic mass is 16.5. The molecule has 0 saturated carbocycles. The molecule has 27 heavy (non-hydrogen) atoms. The molecule has 0 radical (unpaired) electrons. The van der Waals surface area contributed by atoms with E-state index in [4.69, 9.17) is 9.72 Å². The molecule has 0 bridgehead atoms. The van der Waals surface area contributed by atoms with Gasteiger partial charge < -0.3 is 15.0 Å². The summed E-state index contributed by atoms with van der Waals surface area (Å²) in [6, 6.07) is 19.0. The number of nitrogens with zero attached hydrogens (tertiary/aromatic N) is 3. The van der Waals surface area contributed by atoms with Gasteiger partial charge >= 0.3 is 0 Å². The maximum atomic E-state index is 5.21. The molecule has 138 valence electrons. The molecule has 0 amide bonds. The average molecular weight is 360 g/mol. The van der Waals surface area contributed by atoms with Crippen LogP contribution in [0.3, 0.4) is 0 Å². The number of aromatic nitrogens is 2. The van der Waals surface area contributed by atoms with Gasteiger partial charge in [0.2, 0.25) is 0 Å². The van der Waals surface area contributed by atoms with Crippen molar-refractivity contribution in [3.05, 3.63) is 71.5 Å². The van der Waals surface area contributed by atoms with Crippen molar-refractivity contribution in [3.8, 4) is 5.75 Å². The molecule has 0 fully saturated rings. The zero-order valence-corrected chi connectivity index (χ0v) is 15.9. The maximum Gasteiger partial charge on any atom is 0.139 e. The molecular formula is C22H24N4O. The van der Waals surface area contributed by atoms with Crippen molar-refractivity contribution in [2.75, 3.05) is 17.3 Å². The molecule has 4 rings (SSSR count). The summed E-state index contributed by atoms with van der Waals surface area (Å²) in [6.45, 7) is 4.88. The van der Waals surface area contributed by atoms with Crippen LogP contribution in [0.1, 0.15) is 23.9 Å². The van der Waals surface area contributed by atoms with Crippen LogP contribution in [0.5, 0.6) is 5.75 Å². The van der Waals surface area contributed by atoms with Crippen molar-refractivity contribution in [2.24, 2.45) is 0 Å². The van der Waals surface area contributed by atoms with Crippen molar-refractivity contribution in [3.63, 3.8) is 0 Å². The Bertz CT molecular complexity index is 939. The van der Waals surface area contributed by atoms with Crippen LogP contribution in [0, 0.1) is 6.92 Å². The van der Waals surface area contributed by atoms with Gasteiger partial charge in [0.05, 0.1) is 7.11 Å². The minimum atomic E-state index is 0.381. The fraction of sp³-hybridized carbons (Fsp3) is 0.273. The SMILES string of the molecule is COc1ccc(CNc2cc(N3c4ccccc4CC3C)nc(C)n2)cc1. The van der Waals surface area contributed by atoms with E-state index in [1.807, 2.05) is 25.1 Å². The Morgan fingerprint density at radius 1 is 1.11 bits per heavy atom. The Kier molecular flexibility index (Phi) is 4.67. The molecule has 1 atom stereocenters. The molecule has 2 heterocycles. The van der Waals surface area contributed by atoms with Crippen molar-refractivity contribution in [2.45, 2.75) is 32.9 Å². The van der Waals surface area contributed by atoms with Gasteiger partial charge in [-0.15, -0.1) is 0 Å². The standard InChI is InChI=1S/C22H24N4O/c1-15-12-18-6-4-5-7-20(18)26(15)22-13-21(24-16(2)25-22)23-14-17-8-10-19(27-3)11-9-17/h4-11,13,15H,12,14H2,1-3H3,(H,23,24,25). The van der Waals surface area contributed by atoms with Crippen LogP contribution in [0.2, 0.25) is 0 Å². The molecule has 0 spiro atoms. The second-order valence-electron chi connectivity index (χ2n) is 6.91. The summed E-state index contributed by atoms with van der Waals surface area (Å²) in [7, 11) is 1.68. The summed E-state index contributed by atoms with van der Waals surface area (Å²) in [5.41, 5.74) is 3.78. The Labute approximate surface area is 160 Å². The third-order valence-electron chi connectivity index (χ3n) is 4.91. The first-order valence-electron chi connectivity index (χ1n) is 9.23. The number of benzene rings is 2. The molecule has 2 aromatic carbocycles. The normalized spacial score (nSPS) is 15.5. The van der Waals surface area contributed by atoms with Crippen LogP contribution in [-0.2, 0) is 13.0 Å². The Balaban J connectivity index is 1.56. The number of methoxy groups -OCH3 is 1. The van der Waals surface area contributed by atoms with Crippen molar-refractivity contribution < 1.29 is 4.74 Å². The number of ether oxygens (including phenoxy) is 1. The first-order valence-corrected chi connectivity index (χ1v) is 9.23. The van der Waals surface area contributed by atoms with E-state index in [0.29, 0.717) is 12.6 Å². The van der Waals surface area contributed by atoms with Crippen LogP contribution in [-0.4, -0.2) is 23.1 Å². The van der Waals surface area contributed by atoms with Crippen LogP contribution in [0.15, 0.2) is 54.6 Å². The predicted molar refractivity (Wildman–Crippen MR) is 109 cm³/mol. The summed E-state index contributed by atoms with van der Waals surface area (Å²) >= 11 is 0. The molecular weight excluding hydrogens is 336 g/mol. The topological polar surface area (TPSA) is 50.3 Å². The molecule has 1 aliphatic rings. The third-order valence-corrected chi connectivity index (χ3v) is 4.91. The lowest BCUT2D eigenvalue weighted by atomic mass is 10.1. The molecule has 1 unspecified atom stereocenters. The average Bonchev–Trinajstić information content (AvgIpc) is 3.02. The smallest absolute Gasteiger partial charge is 0.139 e. The van der Waals surface area contributed by atoms with Gasteiger partial charge in [-0.3, -0.25) is 0 Å². The van der Waals surface area contributed by atoms with Gasteiger partial charge in [-0.05, 0) is 49.6 Å². The lowest BCUT2D eigenvalue weighted by Crippen LogP contribution is -2.25. The van der Waals surface area contributed by atoms with Gasteiger partial charge in [-0.2, -0.15) is 0 Å². The fourth-order valence-electron chi connectivity index (χ4n) is 3.62. The maximum absolute atomic E-state index is 5.21. The van der Waals surface area contributed by atoms with Gasteiger partial charge in [-0.25, -0.2) is 9.97 Å². The van der Waals surface area contributed by atoms with Gasteiger partial charge in [0.15, 0.2) is 0 Å². The highest BCUT2D eigenvalue weighted by molar-refractivity contribution is 5.70. The number of fused-ring (bicyclic) bond motifs is 1. The second-order valence-corrected chi connectivity index (χ2v) is 6.91. The summed E-state index contributed by atoms with van der Waals surface area (Å²) < 4.78 is 5.21. The molecule has 1 aromatic heterocycles. The predicted octanol–water partition coefficient (Wildman–Crippen LogP) is 4.49. The van der Waals surface area contributed by atoms with Crippen molar-refractivity contribution in [1.29, 1.82) is 0 Å². The van der Waals surface area contributed by atoms with E-state index >= 15 is 0 Å². The molecule has 1 aliphatic heterocycles. The van der Waals surface area contributed by atoms with Crippen molar-refractivity contribution in [1.82, 2.24) is 9.97 Å². The highest BCUT2D eigenvalue weighted by Gasteiger charge is 2.28. The molecule has 1 N–H and O–H groups in total. The molecule has 5 nitrogen and oxygen atoms in total. The summed E-state index contributed by atoms with van der Waals surface area (Å²) in [5, 5.41) is 3.42. The highest BCUT2D eigenvalue weighted by Crippen LogP contribution is 2.37. The summed E-state index contributed by atoms with van der Waals surface area (Å²) in [6.07, 6.45) is 1.04. The first kappa shape index (κ1) is 17.3. The lowest BCUT2D eigenvalue weighted by Gasteiger charge is -2.24. The lowest BCUT2D eigenvalue weighted by molar-refractivity contribution is 0.414. The van der Waals surface area contributed by atoms with E-state index < -0.39 is 0 Å². The van der Waals surface area contributed by atoms with E-state index in [1.165, 1.54) is 16.8 Å². The Morgan fingerprint density at radius 2 is 1.89 bits per heavy atom. The van der Waals surface area contributed by atoms with Crippen LogP contribution < -0.4 is 15.0 Å². The zero-order valence-electron chi connectivity index (χ0n) is 15.9. The number of anilines is 3. The van der Waals surface area contributed by atoms with Gasteiger partial charge in [0, 0.05) is 24.3 Å². The number of hydrogen-bond acceptors (Lipinski definition) is 5. The van der Waals surface area contributed by atoms with Crippen molar-refractivity contribution >= 4 is 17.3 Å². The summed E-state index contributed by atoms with van der Waals surface area (Å²) in [5.74, 6) is 3.41. The number of rotatable bonds is 5. The van der Waals surface area contributed by atoms with Gasteiger partial charge in [0.25, 0.3) is 0 Å². The summed E-state index contributed by atoms with van der Waals surface area (Å²) in [4.78, 5) is 11.6. The second kappa shape index (κ2) is 7.27. The number of nitrogens with one attached hydrogen (secondary N) is 1. The number of para-hydroxylation sites is 1. The molecule has 0 aliphatic carbocycles. The van der Waals surface area contributed by atoms with E-state index in [9.17, 15) is 0 Å².